The van der Waals surface area contributed by atoms with Crippen molar-refractivity contribution in [1.29, 1.82) is 0 Å². The fourth-order valence-electron chi connectivity index (χ4n) is 3.99. The van der Waals surface area contributed by atoms with Gasteiger partial charge in [-0.3, -0.25) is 4.79 Å². The number of nitrogens with two attached hydrogens (primary N) is 1. The average molecular weight is 490 g/mol. The molecule has 0 radical (unpaired) electrons. The minimum absolute atomic E-state index is 0.0742. The number of primary amides is 1. The lowest BCUT2D eigenvalue weighted by Crippen LogP contribution is -2.44. The predicted molar refractivity (Wildman–Crippen MR) is 129 cm³/mol. The Morgan fingerprint density at radius 2 is 1.97 bits per heavy atom. The first-order valence-corrected chi connectivity index (χ1v) is 11.5. The topological polar surface area (TPSA) is 118 Å². The molecule has 9 nitrogen and oxygen atoms in total. The number of carbonyl (C=O) groups is 2. The number of fused-ring (bicyclic) bond motifs is 1. The lowest BCUT2D eigenvalue weighted by molar-refractivity contribution is 0.0951. The lowest BCUT2D eigenvalue weighted by atomic mass is 10.0. The van der Waals surface area contributed by atoms with E-state index < -0.39 is 6.03 Å². The van der Waals surface area contributed by atoms with Crippen molar-refractivity contribution in [2.24, 2.45) is 5.73 Å². The lowest BCUT2D eigenvalue weighted by Gasteiger charge is -2.32. The standard InChI is InChI=1S/C22H25Cl2N7O2/c1-2-31-20-15(12-28-31)19(29-14-6-8-30(9-7-14)22(25)33)16(11-26-20)21(32)27-10-13-4-3-5-17(23)18(13)24/h3-5,11-12,14H,2,6-10H2,1H3,(H2,25,33)(H,26,29)(H,27,32). The Kier molecular flexibility index (Phi) is 6.90. The molecule has 1 aliphatic heterocycles. The molecule has 4 rings (SSSR count). The highest BCUT2D eigenvalue weighted by molar-refractivity contribution is 6.42. The Balaban J connectivity index is 1.60. The summed E-state index contributed by atoms with van der Waals surface area (Å²) in [6.07, 6.45) is 4.71. The van der Waals surface area contributed by atoms with Crippen molar-refractivity contribution in [1.82, 2.24) is 25.0 Å². The number of amides is 3. The Hall–Kier alpha value is -3.04. The molecule has 0 spiro atoms. The van der Waals surface area contributed by atoms with Crippen molar-refractivity contribution in [3.63, 3.8) is 0 Å². The minimum atomic E-state index is -0.413. The molecule has 3 aromatic rings. The normalized spacial score (nSPS) is 14.5. The second-order valence-electron chi connectivity index (χ2n) is 7.88. The molecule has 174 valence electrons. The number of halogens is 2. The van der Waals surface area contributed by atoms with E-state index in [0.29, 0.717) is 59.4 Å². The number of likely N-dealkylation sites (tertiary alicyclic amines) is 1. The Bertz CT molecular complexity index is 1190. The Morgan fingerprint density at radius 3 is 2.67 bits per heavy atom. The molecule has 1 aromatic carbocycles. The number of carbonyl (C=O) groups excluding carboxylic acids is 2. The van der Waals surface area contributed by atoms with Crippen LogP contribution in [0.3, 0.4) is 0 Å². The van der Waals surface area contributed by atoms with Crippen LogP contribution in [0.5, 0.6) is 0 Å². The van der Waals surface area contributed by atoms with Gasteiger partial charge >= 0.3 is 6.03 Å². The molecular formula is C22H25Cl2N7O2. The van der Waals surface area contributed by atoms with E-state index in [1.54, 1.807) is 34.1 Å². The van der Waals surface area contributed by atoms with Gasteiger partial charge in [-0.05, 0) is 31.4 Å². The number of anilines is 1. The van der Waals surface area contributed by atoms with E-state index in [9.17, 15) is 9.59 Å². The van der Waals surface area contributed by atoms with Gasteiger partial charge in [-0.15, -0.1) is 0 Å². The molecule has 0 aliphatic carbocycles. The summed E-state index contributed by atoms with van der Waals surface area (Å²) < 4.78 is 1.78. The van der Waals surface area contributed by atoms with E-state index in [0.717, 1.165) is 10.9 Å². The minimum Gasteiger partial charge on any atom is -0.381 e. The highest BCUT2D eigenvalue weighted by Gasteiger charge is 2.25. The molecule has 2 aromatic heterocycles. The Labute approximate surface area is 201 Å². The molecule has 3 heterocycles. The molecule has 11 heteroatoms. The fraction of sp³-hybridized carbons (Fsp3) is 0.364. The first-order valence-electron chi connectivity index (χ1n) is 10.8. The predicted octanol–water partition coefficient (Wildman–Crippen LogP) is 3.64. The molecular weight excluding hydrogens is 465 g/mol. The molecule has 3 amide bonds. The molecule has 0 atom stereocenters. The van der Waals surface area contributed by atoms with Gasteiger partial charge in [0.25, 0.3) is 5.91 Å². The number of aromatic nitrogens is 3. The molecule has 4 N–H and O–H groups in total. The van der Waals surface area contributed by atoms with Gasteiger partial charge in [-0.2, -0.15) is 5.10 Å². The first-order chi connectivity index (χ1) is 15.9. The van der Waals surface area contributed by atoms with Gasteiger partial charge in [0, 0.05) is 38.4 Å². The molecule has 0 unspecified atom stereocenters. The van der Waals surface area contributed by atoms with Crippen LogP contribution in [-0.4, -0.2) is 50.7 Å². The zero-order chi connectivity index (χ0) is 23.5. The van der Waals surface area contributed by atoms with Crippen LogP contribution in [0.15, 0.2) is 30.6 Å². The van der Waals surface area contributed by atoms with Crippen molar-refractivity contribution in [2.45, 2.75) is 38.9 Å². The zero-order valence-electron chi connectivity index (χ0n) is 18.1. The zero-order valence-corrected chi connectivity index (χ0v) is 19.7. The van der Waals surface area contributed by atoms with E-state index in [1.165, 1.54) is 0 Å². The monoisotopic (exact) mass is 489 g/mol. The van der Waals surface area contributed by atoms with Gasteiger partial charge < -0.3 is 21.3 Å². The van der Waals surface area contributed by atoms with Gasteiger partial charge in [-0.25, -0.2) is 14.5 Å². The summed E-state index contributed by atoms with van der Waals surface area (Å²) in [5, 5.41) is 12.4. The average Bonchev–Trinajstić information content (AvgIpc) is 3.24. The highest BCUT2D eigenvalue weighted by atomic mass is 35.5. The largest absolute Gasteiger partial charge is 0.381 e. The summed E-state index contributed by atoms with van der Waals surface area (Å²) in [6, 6.07) is 4.96. The van der Waals surface area contributed by atoms with Crippen LogP contribution in [0, 0.1) is 0 Å². The Morgan fingerprint density at radius 1 is 1.21 bits per heavy atom. The second-order valence-corrected chi connectivity index (χ2v) is 8.67. The molecule has 33 heavy (non-hydrogen) atoms. The third kappa shape index (κ3) is 4.84. The quantitative estimate of drug-likeness (QED) is 0.488. The SMILES string of the molecule is CCn1ncc2c(NC3CCN(C(N)=O)CC3)c(C(=O)NCc3cccc(Cl)c3Cl)cnc21. The van der Waals surface area contributed by atoms with Crippen LogP contribution in [0.25, 0.3) is 11.0 Å². The first kappa shape index (κ1) is 23.1. The van der Waals surface area contributed by atoms with Gasteiger partial charge in [0.05, 0.1) is 32.9 Å². The summed E-state index contributed by atoms with van der Waals surface area (Å²) in [4.78, 5) is 30.7. The molecule has 0 saturated carbocycles. The summed E-state index contributed by atoms with van der Waals surface area (Å²) in [7, 11) is 0. The van der Waals surface area contributed by atoms with Crippen LogP contribution in [0.4, 0.5) is 10.5 Å². The number of benzene rings is 1. The summed E-state index contributed by atoms with van der Waals surface area (Å²) in [6.45, 7) is 3.98. The van der Waals surface area contributed by atoms with Crippen molar-refractivity contribution >= 4 is 51.9 Å². The molecule has 1 fully saturated rings. The number of rotatable bonds is 6. The number of hydrogen-bond acceptors (Lipinski definition) is 5. The van der Waals surface area contributed by atoms with Crippen LogP contribution in [0.2, 0.25) is 10.0 Å². The highest BCUT2D eigenvalue weighted by Crippen LogP contribution is 2.29. The summed E-state index contributed by atoms with van der Waals surface area (Å²) >= 11 is 12.3. The van der Waals surface area contributed by atoms with Gasteiger partial charge in [0.1, 0.15) is 0 Å². The molecule has 0 bridgehead atoms. The van der Waals surface area contributed by atoms with Gasteiger partial charge in [0.15, 0.2) is 5.65 Å². The molecule has 1 aliphatic rings. The summed E-state index contributed by atoms with van der Waals surface area (Å²) in [5.74, 6) is -0.290. The fourth-order valence-corrected chi connectivity index (χ4v) is 4.38. The van der Waals surface area contributed by atoms with E-state index in [1.807, 2.05) is 13.0 Å². The van der Waals surface area contributed by atoms with Crippen molar-refractivity contribution < 1.29 is 9.59 Å². The van der Waals surface area contributed by atoms with E-state index >= 15 is 0 Å². The van der Waals surface area contributed by atoms with Crippen LogP contribution in [-0.2, 0) is 13.1 Å². The number of nitrogens with zero attached hydrogens (tertiary/aromatic N) is 4. The van der Waals surface area contributed by atoms with Crippen LogP contribution in [0.1, 0.15) is 35.7 Å². The van der Waals surface area contributed by atoms with Crippen LogP contribution < -0.4 is 16.4 Å². The summed E-state index contributed by atoms with van der Waals surface area (Å²) in [5.41, 5.74) is 7.90. The maximum atomic E-state index is 13.2. The number of nitrogens with one attached hydrogen (secondary N) is 2. The van der Waals surface area contributed by atoms with Gasteiger partial charge in [0.2, 0.25) is 0 Å². The van der Waals surface area contributed by atoms with E-state index in [4.69, 9.17) is 28.9 Å². The maximum Gasteiger partial charge on any atom is 0.314 e. The van der Waals surface area contributed by atoms with Gasteiger partial charge in [-0.1, -0.05) is 35.3 Å². The number of urea groups is 1. The number of pyridine rings is 1. The third-order valence-corrected chi connectivity index (χ3v) is 6.69. The smallest absolute Gasteiger partial charge is 0.314 e. The third-order valence-electron chi connectivity index (χ3n) is 5.84. The number of aryl methyl sites for hydroxylation is 1. The number of piperidine rings is 1. The number of hydrogen-bond donors (Lipinski definition) is 3. The molecule has 1 saturated heterocycles. The van der Waals surface area contributed by atoms with Crippen LogP contribution >= 0.6 is 23.2 Å². The van der Waals surface area contributed by atoms with E-state index in [2.05, 4.69) is 20.7 Å². The second kappa shape index (κ2) is 9.84. The van der Waals surface area contributed by atoms with Crippen molar-refractivity contribution in [3.05, 3.63) is 51.8 Å². The van der Waals surface area contributed by atoms with Crippen molar-refractivity contribution in [3.8, 4) is 0 Å². The van der Waals surface area contributed by atoms with Crippen molar-refractivity contribution in [2.75, 3.05) is 18.4 Å². The van der Waals surface area contributed by atoms with E-state index in [-0.39, 0.29) is 18.5 Å². The maximum absolute atomic E-state index is 13.2.